The summed E-state index contributed by atoms with van der Waals surface area (Å²) < 4.78 is 6.64. The minimum Gasteiger partial charge on any atom is -0.456 e. The normalized spacial score (nSPS) is 10.3. The molecular formula is C14H9N3OS. The van der Waals surface area contributed by atoms with Crippen molar-refractivity contribution in [3.05, 3.63) is 48.0 Å². The molecule has 0 unspecified atom stereocenters. The van der Waals surface area contributed by atoms with Crippen molar-refractivity contribution in [2.24, 2.45) is 0 Å². The molecule has 1 aromatic heterocycles. The van der Waals surface area contributed by atoms with Crippen molar-refractivity contribution in [3.63, 3.8) is 0 Å². The predicted molar refractivity (Wildman–Crippen MR) is 75.3 cm³/mol. The standard InChI is InChI=1S/C14H9N3OS/c15-8-9-6-11-13(19-14(16)17-11)7-12(9)18-10-4-2-1-3-5-10/h1-7H,(H2,16,17). The predicted octanol–water partition coefficient (Wildman–Crippen LogP) is 3.54. The Morgan fingerprint density at radius 1 is 1.21 bits per heavy atom. The fourth-order valence-corrected chi connectivity index (χ4v) is 2.50. The number of nitrogens with zero attached hydrogens (tertiary/aromatic N) is 2. The van der Waals surface area contributed by atoms with Gasteiger partial charge in [0, 0.05) is 6.07 Å². The van der Waals surface area contributed by atoms with Crippen LogP contribution in [0.25, 0.3) is 10.2 Å². The van der Waals surface area contributed by atoms with Crippen molar-refractivity contribution in [2.75, 3.05) is 5.73 Å². The van der Waals surface area contributed by atoms with Gasteiger partial charge in [-0.1, -0.05) is 29.5 Å². The zero-order valence-electron chi connectivity index (χ0n) is 9.83. The number of nitriles is 1. The zero-order valence-corrected chi connectivity index (χ0v) is 10.6. The molecule has 0 saturated heterocycles. The summed E-state index contributed by atoms with van der Waals surface area (Å²) >= 11 is 1.37. The number of hydrogen-bond acceptors (Lipinski definition) is 5. The molecule has 92 valence electrons. The maximum Gasteiger partial charge on any atom is 0.181 e. The first-order chi connectivity index (χ1) is 9.26. The van der Waals surface area contributed by atoms with E-state index in [9.17, 15) is 5.26 Å². The van der Waals surface area contributed by atoms with Gasteiger partial charge < -0.3 is 10.5 Å². The first-order valence-electron chi connectivity index (χ1n) is 5.59. The molecule has 3 rings (SSSR count). The Bertz CT molecular complexity index is 774. The second-order valence-electron chi connectivity index (χ2n) is 3.90. The highest BCUT2D eigenvalue weighted by Gasteiger charge is 2.10. The first kappa shape index (κ1) is 11.5. The molecule has 0 amide bonds. The average Bonchev–Trinajstić information content (AvgIpc) is 2.78. The van der Waals surface area contributed by atoms with Crippen LogP contribution in [0.1, 0.15) is 5.56 Å². The van der Waals surface area contributed by atoms with E-state index in [0.29, 0.717) is 22.2 Å². The van der Waals surface area contributed by atoms with Crippen LogP contribution in [0.3, 0.4) is 0 Å². The number of fused-ring (bicyclic) bond motifs is 1. The molecule has 1 heterocycles. The van der Waals surface area contributed by atoms with Gasteiger partial charge >= 0.3 is 0 Å². The van der Waals surface area contributed by atoms with E-state index in [-0.39, 0.29) is 0 Å². The molecule has 0 saturated carbocycles. The minimum absolute atomic E-state index is 0.446. The highest BCUT2D eigenvalue weighted by molar-refractivity contribution is 7.22. The van der Waals surface area contributed by atoms with Gasteiger partial charge in [-0.2, -0.15) is 5.26 Å². The smallest absolute Gasteiger partial charge is 0.181 e. The van der Waals surface area contributed by atoms with Crippen LogP contribution in [0.4, 0.5) is 5.13 Å². The monoisotopic (exact) mass is 267 g/mol. The van der Waals surface area contributed by atoms with E-state index in [1.807, 2.05) is 30.3 Å². The van der Waals surface area contributed by atoms with Crippen molar-refractivity contribution < 1.29 is 4.74 Å². The third-order valence-electron chi connectivity index (χ3n) is 2.60. The number of aromatic nitrogens is 1. The number of para-hydroxylation sites is 1. The van der Waals surface area contributed by atoms with Crippen molar-refractivity contribution in [2.45, 2.75) is 0 Å². The Kier molecular flexibility index (Phi) is 2.78. The van der Waals surface area contributed by atoms with Gasteiger partial charge in [0.05, 0.1) is 15.8 Å². The van der Waals surface area contributed by atoms with E-state index < -0.39 is 0 Å². The Balaban J connectivity index is 2.09. The van der Waals surface area contributed by atoms with Crippen LogP contribution >= 0.6 is 11.3 Å². The fraction of sp³-hybridized carbons (Fsp3) is 0. The summed E-state index contributed by atoms with van der Waals surface area (Å²) in [7, 11) is 0. The van der Waals surface area contributed by atoms with E-state index in [1.165, 1.54) is 11.3 Å². The van der Waals surface area contributed by atoms with Gasteiger partial charge in [0.1, 0.15) is 17.6 Å². The molecule has 0 atom stereocenters. The molecule has 0 aliphatic heterocycles. The number of ether oxygens (including phenoxy) is 1. The maximum absolute atomic E-state index is 9.18. The molecule has 0 bridgehead atoms. The van der Waals surface area contributed by atoms with Gasteiger partial charge in [0.2, 0.25) is 0 Å². The van der Waals surface area contributed by atoms with Gasteiger partial charge in [-0.05, 0) is 18.2 Å². The molecule has 4 nitrogen and oxygen atoms in total. The van der Waals surface area contributed by atoms with Gasteiger partial charge in [-0.15, -0.1) is 0 Å². The van der Waals surface area contributed by atoms with Gasteiger partial charge in [0.25, 0.3) is 0 Å². The number of nitrogens with two attached hydrogens (primary N) is 1. The lowest BCUT2D eigenvalue weighted by Gasteiger charge is -2.06. The van der Waals surface area contributed by atoms with E-state index >= 15 is 0 Å². The largest absolute Gasteiger partial charge is 0.456 e. The summed E-state index contributed by atoms with van der Waals surface area (Å²) in [6.07, 6.45) is 0. The number of hydrogen-bond donors (Lipinski definition) is 1. The Labute approximate surface area is 113 Å². The topological polar surface area (TPSA) is 71.9 Å². The van der Waals surface area contributed by atoms with E-state index in [1.54, 1.807) is 12.1 Å². The van der Waals surface area contributed by atoms with Crippen LogP contribution in [0.5, 0.6) is 11.5 Å². The van der Waals surface area contributed by atoms with Crippen molar-refractivity contribution in [3.8, 4) is 17.6 Å². The van der Waals surface area contributed by atoms with E-state index in [2.05, 4.69) is 11.1 Å². The molecule has 0 fully saturated rings. The molecular weight excluding hydrogens is 258 g/mol. The SMILES string of the molecule is N#Cc1cc2nc(N)sc2cc1Oc1ccccc1. The average molecular weight is 267 g/mol. The second-order valence-corrected chi connectivity index (χ2v) is 4.96. The molecule has 5 heteroatoms. The van der Waals surface area contributed by atoms with E-state index in [4.69, 9.17) is 10.5 Å². The van der Waals surface area contributed by atoms with Gasteiger partial charge in [0.15, 0.2) is 5.13 Å². The minimum atomic E-state index is 0.446. The highest BCUT2D eigenvalue weighted by Crippen LogP contribution is 2.33. The summed E-state index contributed by atoms with van der Waals surface area (Å²) in [6.45, 7) is 0. The quantitative estimate of drug-likeness (QED) is 0.770. The summed E-state index contributed by atoms with van der Waals surface area (Å²) in [4.78, 5) is 4.16. The van der Waals surface area contributed by atoms with Crippen LogP contribution in [-0.4, -0.2) is 4.98 Å². The zero-order chi connectivity index (χ0) is 13.2. The van der Waals surface area contributed by atoms with Crippen molar-refractivity contribution in [1.82, 2.24) is 4.98 Å². The maximum atomic E-state index is 9.18. The summed E-state index contributed by atoms with van der Waals surface area (Å²) in [5.74, 6) is 1.21. The highest BCUT2D eigenvalue weighted by atomic mass is 32.1. The molecule has 2 aromatic carbocycles. The Hall–Kier alpha value is -2.58. The number of benzene rings is 2. The molecule has 0 aliphatic rings. The van der Waals surface area contributed by atoms with Crippen LogP contribution < -0.4 is 10.5 Å². The van der Waals surface area contributed by atoms with Crippen molar-refractivity contribution >= 4 is 26.7 Å². The summed E-state index contributed by atoms with van der Waals surface area (Å²) in [6, 6.07) is 15.0. The third-order valence-corrected chi connectivity index (χ3v) is 3.45. The van der Waals surface area contributed by atoms with Crippen LogP contribution in [0.2, 0.25) is 0 Å². The van der Waals surface area contributed by atoms with Crippen LogP contribution in [0, 0.1) is 11.3 Å². The van der Waals surface area contributed by atoms with E-state index in [0.717, 1.165) is 10.2 Å². The first-order valence-corrected chi connectivity index (χ1v) is 6.41. The molecule has 0 aliphatic carbocycles. The fourth-order valence-electron chi connectivity index (χ4n) is 1.76. The molecule has 0 spiro atoms. The van der Waals surface area contributed by atoms with Crippen LogP contribution in [-0.2, 0) is 0 Å². The van der Waals surface area contributed by atoms with Crippen LogP contribution in [0.15, 0.2) is 42.5 Å². The summed E-state index contributed by atoms with van der Waals surface area (Å²) in [5.41, 5.74) is 6.84. The Morgan fingerprint density at radius 3 is 2.74 bits per heavy atom. The molecule has 2 N–H and O–H groups in total. The third kappa shape index (κ3) is 2.21. The lowest BCUT2D eigenvalue weighted by atomic mass is 10.2. The molecule has 0 radical (unpaired) electrons. The number of nitrogen functional groups attached to an aromatic ring is 1. The second kappa shape index (κ2) is 4.59. The molecule has 19 heavy (non-hydrogen) atoms. The number of thiazole rings is 1. The molecule has 3 aromatic rings. The lowest BCUT2D eigenvalue weighted by Crippen LogP contribution is -1.88. The number of rotatable bonds is 2. The Morgan fingerprint density at radius 2 is 2.00 bits per heavy atom. The van der Waals surface area contributed by atoms with Gasteiger partial charge in [-0.25, -0.2) is 4.98 Å². The number of anilines is 1. The lowest BCUT2D eigenvalue weighted by molar-refractivity contribution is 0.482. The van der Waals surface area contributed by atoms with Gasteiger partial charge in [-0.3, -0.25) is 0 Å². The van der Waals surface area contributed by atoms with Crippen molar-refractivity contribution in [1.29, 1.82) is 5.26 Å². The summed E-state index contributed by atoms with van der Waals surface area (Å²) in [5, 5.41) is 9.66.